The van der Waals surface area contributed by atoms with Crippen molar-refractivity contribution >= 4 is 5.91 Å². The lowest BCUT2D eigenvalue weighted by molar-refractivity contribution is 0.0826. The van der Waals surface area contributed by atoms with Gasteiger partial charge < -0.3 is 9.64 Å². The lowest BCUT2D eigenvalue weighted by Crippen LogP contribution is -2.22. The van der Waals surface area contributed by atoms with Gasteiger partial charge in [0.15, 0.2) is 5.82 Å². The first kappa shape index (κ1) is 15.9. The largest absolute Gasteiger partial charge is 0.436 e. The van der Waals surface area contributed by atoms with Gasteiger partial charge in [-0.25, -0.2) is 9.37 Å². The number of benzene rings is 1. The number of rotatable bonds is 4. The average Bonchev–Trinajstić information content (AvgIpc) is 2.49. The Bertz CT molecular complexity index is 667. The van der Waals surface area contributed by atoms with Crippen LogP contribution in [0.5, 0.6) is 11.6 Å². The molecule has 1 amide bonds. The van der Waals surface area contributed by atoms with Crippen LogP contribution in [-0.4, -0.2) is 29.9 Å². The first-order chi connectivity index (χ1) is 10.4. The summed E-state index contributed by atoms with van der Waals surface area (Å²) >= 11 is 0. The van der Waals surface area contributed by atoms with E-state index in [4.69, 9.17) is 4.74 Å². The Labute approximate surface area is 129 Å². The maximum atomic E-state index is 14.0. The van der Waals surface area contributed by atoms with Gasteiger partial charge in [0.2, 0.25) is 0 Å². The molecule has 4 nitrogen and oxygen atoms in total. The first-order valence-electron chi connectivity index (χ1n) is 7.03. The summed E-state index contributed by atoms with van der Waals surface area (Å²) in [6.07, 6.45) is 1.31. The number of hydrogen-bond donors (Lipinski definition) is 0. The summed E-state index contributed by atoms with van der Waals surface area (Å²) in [6, 6.07) is 8.54. The van der Waals surface area contributed by atoms with Gasteiger partial charge in [0.05, 0.1) is 5.56 Å². The monoisotopic (exact) mass is 302 g/mol. The molecule has 2 aromatic rings. The second kappa shape index (κ2) is 6.56. The number of carbonyl (C=O) groups excluding carboxylic acids is 1. The van der Waals surface area contributed by atoms with E-state index < -0.39 is 5.82 Å². The van der Waals surface area contributed by atoms with Crippen LogP contribution in [0.25, 0.3) is 0 Å². The van der Waals surface area contributed by atoms with E-state index in [0.29, 0.717) is 11.7 Å². The Balaban J connectivity index is 2.18. The minimum atomic E-state index is -0.666. The zero-order valence-electron chi connectivity index (χ0n) is 13.1. The van der Waals surface area contributed by atoms with Gasteiger partial charge in [0.25, 0.3) is 11.8 Å². The summed E-state index contributed by atoms with van der Waals surface area (Å²) in [5, 5.41) is 0. The normalized spacial score (nSPS) is 10.6. The molecule has 0 spiro atoms. The van der Waals surface area contributed by atoms with Crippen molar-refractivity contribution in [3.8, 4) is 11.6 Å². The number of carbonyl (C=O) groups is 1. The molecule has 0 saturated carbocycles. The molecule has 0 unspecified atom stereocenters. The number of pyridine rings is 1. The van der Waals surface area contributed by atoms with E-state index in [-0.39, 0.29) is 17.4 Å². The van der Waals surface area contributed by atoms with Gasteiger partial charge in [-0.3, -0.25) is 4.79 Å². The summed E-state index contributed by atoms with van der Waals surface area (Å²) < 4.78 is 19.4. The fraction of sp³-hybridized carbons (Fsp3) is 0.294. The summed E-state index contributed by atoms with van der Waals surface area (Å²) in [7, 11) is 3.20. The molecule has 2 rings (SSSR count). The molecule has 1 aromatic carbocycles. The van der Waals surface area contributed by atoms with Crippen LogP contribution in [0, 0.1) is 5.82 Å². The second-order valence-corrected chi connectivity index (χ2v) is 5.54. The topological polar surface area (TPSA) is 42.4 Å². The van der Waals surface area contributed by atoms with E-state index in [0.717, 1.165) is 6.07 Å². The Hall–Kier alpha value is -2.43. The minimum absolute atomic E-state index is 0.146. The first-order valence-corrected chi connectivity index (χ1v) is 7.03. The predicted octanol–water partition coefficient (Wildman–Crippen LogP) is 3.84. The quantitative estimate of drug-likeness (QED) is 0.862. The lowest BCUT2D eigenvalue weighted by atomic mass is 10.0. The molecule has 0 atom stereocenters. The smallest absolute Gasteiger partial charge is 0.255 e. The standard InChI is InChI=1S/C17H19FN2O2/c1-11(2)12-5-7-14(8-6-12)22-16-15(18)9-13(10-19-16)17(21)20(3)4/h5-11H,1-4H3. The van der Waals surface area contributed by atoms with Crippen molar-refractivity contribution in [2.24, 2.45) is 0 Å². The van der Waals surface area contributed by atoms with Crippen LogP contribution in [0.15, 0.2) is 36.5 Å². The summed E-state index contributed by atoms with van der Waals surface area (Å²) in [5.41, 5.74) is 1.36. The van der Waals surface area contributed by atoms with Gasteiger partial charge in [-0.05, 0) is 29.7 Å². The van der Waals surface area contributed by atoms with Crippen molar-refractivity contribution in [3.63, 3.8) is 0 Å². The van der Waals surface area contributed by atoms with Crippen LogP contribution in [0.3, 0.4) is 0 Å². The van der Waals surface area contributed by atoms with E-state index in [2.05, 4.69) is 18.8 Å². The summed E-state index contributed by atoms with van der Waals surface area (Å²) in [6.45, 7) is 4.19. The molecule has 5 heteroatoms. The maximum absolute atomic E-state index is 14.0. The highest BCUT2D eigenvalue weighted by Gasteiger charge is 2.14. The van der Waals surface area contributed by atoms with E-state index in [9.17, 15) is 9.18 Å². The number of amides is 1. The zero-order valence-corrected chi connectivity index (χ0v) is 13.1. The van der Waals surface area contributed by atoms with Crippen LogP contribution in [0.1, 0.15) is 35.7 Å². The van der Waals surface area contributed by atoms with E-state index >= 15 is 0 Å². The van der Waals surface area contributed by atoms with Crippen molar-refractivity contribution in [1.82, 2.24) is 9.88 Å². The molecule has 0 aliphatic rings. The van der Waals surface area contributed by atoms with Crippen LogP contribution in [-0.2, 0) is 0 Å². The Morgan fingerprint density at radius 2 is 1.86 bits per heavy atom. The fourth-order valence-electron chi connectivity index (χ4n) is 1.91. The molecular formula is C17H19FN2O2. The van der Waals surface area contributed by atoms with Crippen molar-refractivity contribution in [1.29, 1.82) is 0 Å². The number of nitrogens with zero attached hydrogens (tertiary/aromatic N) is 2. The maximum Gasteiger partial charge on any atom is 0.255 e. The summed E-state index contributed by atoms with van der Waals surface area (Å²) in [4.78, 5) is 17.0. The average molecular weight is 302 g/mol. The van der Waals surface area contributed by atoms with Gasteiger partial charge >= 0.3 is 0 Å². The van der Waals surface area contributed by atoms with Gasteiger partial charge in [0.1, 0.15) is 5.75 Å². The highest BCUT2D eigenvalue weighted by molar-refractivity contribution is 5.93. The Morgan fingerprint density at radius 1 is 1.23 bits per heavy atom. The third-order valence-corrected chi connectivity index (χ3v) is 3.22. The van der Waals surface area contributed by atoms with E-state index in [1.54, 1.807) is 26.2 Å². The van der Waals surface area contributed by atoms with Crippen LogP contribution >= 0.6 is 0 Å². The van der Waals surface area contributed by atoms with Crippen LogP contribution in [0.4, 0.5) is 4.39 Å². The third-order valence-electron chi connectivity index (χ3n) is 3.22. The molecule has 116 valence electrons. The molecule has 0 aliphatic heterocycles. The van der Waals surface area contributed by atoms with Crippen molar-refractivity contribution in [2.75, 3.05) is 14.1 Å². The Morgan fingerprint density at radius 3 is 2.36 bits per heavy atom. The van der Waals surface area contributed by atoms with Crippen molar-refractivity contribution < 1.29 is 13.9 Å². The predicted molar refractivity (Wildman–Crippen MR) is 82.8 cm³/mol. The molecule has 22 heavy (non-hydrogen) atoms. The number of aromatic nitrogens is 1. The number of hydrogen-bond acceptors (Lipinski definition) is 3. The molecule has 0 bridgehead atoms. The molecule has 0 saturated heterocycles. The van der Waals surface area contributed by atoms with Gasteiger partial charge in [0, 0.05) is 20.3 Å². The highest BCUT2D eigenvalue weighted by Crippen LogP contribution is 2.25. The van der Waals surface area contributed by atoms with E-state index in [1.165, 1.54) is 16.7 Å². The minimum Gasteiger partial charge on any atom is -0.436 e. The fourth-order valence-corrected chi connectivity index (χ4v) is 1.91. The lowest BCUT2D eigenvalue weighted by Gasteiger charge is -2.11. The van der Waals surface area contributed by atoms with Crippen molar-refractivity contribution in [2.45, 2.75) is 19.8 Å². The van der Waals surface area contributed by atoms with Crippen LogP contribution < -0.4 is 4.74 Å². The highest BCUT2D eigenvalue weighted by atomic mass is 19.1. The molecule has 1 aromatic heterocycles. The molecule has 0 aliphatic carbocycles. The Kier molecular flexibility index (Phi) is 4.75. The van der Waals surface area contributed by atoms with Gasteiger partial charge in [-0.15, -0.1) is 0 Å². The third kappa shape index (κ3) is 3.61. The van der Waals surface area contributed by atoms with Gasteiger partial charge in [-0.1, -0.05) is 26.0 Å². The number of halogens is 1. The molecule has 0 N–H and O–H groups in total. The van der Waals surface area contributed by atoms with Crippen LogP contribution in [0.2, 0.25) is 0 Å². The molecule has 1 heterocycles. The van der Waals surface area contributed by atoms with Gasteiger partial charge in [-0.2, -0.15) is 0 Å². The molecule has 0 radical (unpaired) electrons. The molecular weight excluding hydrogens is 283 g/mol. The second-order valence-electron chi connectivity index (χ2n) is 5.54. The summed E-state index contributed by atoms with van der Waals surface area (Å²) in [5.74, 6) is -0.199. The SMILES string of the molecule is CC(C)c1ccc(Oc2ncc(C(=O)N(C)C)cc2F)cc1. The van der Waals surface area contributed by atoms with Crippen molar-refractivity contribution in [3.05, 3.63) is 53.5 Å². The number of ether oxygens (including phenoxy) is 1. The zero-order chi connectivity index (χ0) is 16.3. The van der Waals surface area contributed by atoms with E-state index in [1.807, 2.05) is 12.1 Å². The molecule has 0 fully saturated rings.